The van der Waals surface area contributed by atoms with E-state index in [-0.39, 0.29) is 6.04 Å². The molecule has 3 nitrogen and oxygen atoms in total. The van der Waals surface area contributed by atoms with Crippen molar-refractivity contribution in [1.82, 2.24) is 5.43 Å². The molecule has 0 heterocycles. The number of ether oxygens (including phenoxy) is 1. The van der Waals surface area contributed by atoms with E-state index >= 15 is 0 Å². The maximum absolute atomic E-state index is 6.06. The molecule has 1 unspecified atom stereocenters. The fourth-order valence-electron chi connectivity index (χ4n) is 2.40. The molecule has 5 heteroatoms. The minimum absolute atomic E-state index is 0.108. The van der Waals surface area contributed by atoms with Gasteiger partial charge in [0.05, 0.1) is 18.2 Å². The van der Waals surface area contributed by atoms with E-state index in [1.807, 2.05) is 38.1 Å². The van der Waals surface area contributed by atoms with Crippen LogP contribution in [0.1, 0.15) is 28.3 Å². The zero-order valence-electron chi connectivity index (χ0n) is 12.2. The number of rotatable bonds is 4. The second-order valence-corrected chi connectivity index (χ2v) is 6.21. The molecule has 2 aromatic carbocycles. The van der Waals surface area contributed by atoms with Crippen LogP contribution in [0.15, 0.2) is 34.8 Å². The predicted octanol–water partition coefficient (Wildman–Crippen LogP) is 4.28. The van der Waals surface area contributed by atoms with Crippen LogP contribution >= 0.6 is 27.5 Å². The van der Waals surface area contributed by atoms with E-state index in [1.165, 1.54) is 0 Å². The van der Waals surface area contributed by atoms with Crippen molar-refractivity contribution >= 4 is 27.5 Å². The van der Waals surface area contributed by atoms with Gasteiger partial charge in [-0.15, -0.1) is 0 Å². The highest BCUT2D eigenvalue weighted by molar-refractivity contribution is 9.10. The van der Waals surface area contributed by atoms with Gasteiger partial charge < -0.3 is 4.74 Å². The summed E-state index contributed by atoms with van der Waals surface area (Å²) in [7, 11) is 1.68. The fraction of sp³-hybridized carbons (Fsp3) is 0.250. The first-order valence-electron chi connectivity index (χ1n) is 6.54. The lowest BCUT2D eigenvalue weighted by atomic mass is 9.93. The van der Waals surface area contributed by atoms with Crippen molar-refractivity contribution in [3.63, 3.8) is 0 Å². The highest BCUT2D eigenvalue weighted by Gasteiger charge is 2.17. The molecule has 112 valence electrons. The van der Waals surface area contributed by atoms with Crippen LogP contribution < -0.4 is 16.0 Å². The standard InChI is InChI=1S/C16H18BrClN2O/c1-9-7-15(21-3)10(2)6-12(9)16(20-19)11-4-5-14(18)13(17)8-11/h4-8,16,20H,19H2,1-3H3. The lowest BCUT2D eigenvalue weighted by Crippen LogP contribution is -2.29. The zero-order chi connectivity index (χ0) is 15.6. The van der Waals surface area contributed by atoms with E-state index in [2.05, 4.69) is 27.4 Å². The third-order valence-electron chi connectivity index (χ3n) is 3.54. The van der Waals surface area contributed by atoms with Gasteiger partial charge in [0.2, 0.25) is 0 Å². The molecule has 0 saturated carbocycles. The molecular weight excluding hydrogens is 352 g/mol. The minimum atomic E-state index is -0.108. The van der Waals surface area contributed by atoms with Crippen LogP contribution in [0.5, 0.6) is 5.75 Å². The van der Waals surface area contributed by atoms with Crippen molar-refractivity contribution in [2.45, 2.75) is 19.9 Å². The van der Waals surface area contributed by atoms with E-state index in [1.54, 1.807) is 7.11 Å². The molecule has 0 aliphatic carbocycles. The topological polar surface area (TPSA) is 47.3 Å². The van der Waals surface area contributed by atoms with E-state index < -0.39 is 0 Å². The number of nitrogens with one attached hydrogen (secondary N) is 1. The van der Waals surface area contributed by atoms with Gasteiger partial charge in [-0.05, 0) is 70.2 Å². The van der Waals surface area contributed by atoms with Crippen molar-refractivity contribution in [2.75, 3.05) is 7.11 Å². The number of halogens is 2. The maximum Gasteiger partial charge on any atom is 0.122 e. The average molecular weight is 370 g/mol. The number of methoxy groups -OCH3 is 1. The average Bonchev–Trinajstić information content (AvgIpc) is 2.46. The zero-order valence-corrected chi connectivity index (χ0v) is 14.5. The summed E-state index contributed by atoms with van der Waals surface area (Å²) in [5, 5.41) is 0.678. The summed E-state index contributed by atoms with van der Waals surface area (Å²) in [5.74, 6) is 6.66. The first-order chi connectivity index (χ1) is 9.97. The fourth-order valence-corrected chi connectivity index (χ4v) is 2.91. The summed E-state index contributed by atoms with van der Waals surface area (Å²) >= 11 is 9.51. The van der Waals surface area contributed by atoms with Gasteiger partial charge in [0.15, 0.2) is 0 Å². The number of hydrogen-bond acceptors (Lipinski definition) is 3. The Balaban J connectivity index is 2.50. The minimum Gasteiger partial charge on any atom is -0.496 e. The first kappa shape index (κ1) is 16.3. The molecule has 21 heavy (non-hydrogen) atoms. The quantitative estimate of drug-likeness (QED) is 0.624. The molecular formula is C16H18BrClN2O. The van der Waals surface area contributed by atoms with Gasteiger partial charge in [0.1, 0.15) is 5.75 Å². The third kappa shape index (κ3) is 3.40. The van der Waals surface area contributed by atoms with Crippen LogP contribution in [0.25, 0.3) is 0 Å². The summed E-state index contributed by atoms with van der Waals surface area (Å²) < 4.78 is 6.21. The highest BCUT2D eigenvalue weighted by atomic mass is 79.9. The third-order valence-corrected chi connectivity index (χ3v) is 4.75. The van der Waals surface area contributed by atoms with Gasteiger partial charge in [-0.2, -0.15) is 0 Å². The molecule has 0 aromatic heterocycles. The SMILES string of the molecule is COc1cc(C)c(C(NN)c2ccc(Cl)c(Br)c2)cc1C. The van der Waals surface area contributed by atoms with E-state index in [4.69, 9.17) is 22.2 Å². The Kier molecular flexibility index (Phi) is 5.27. The van der Waals surface area contributed by atoms with E-state index in [0.717, 1.165) is 32.5 Å². The Hall–Kier alpha value is -1.07. The Morgan fingerprint density at radius 2 is 1.90 bits per heavy atom. The van der Waals surface area contributed by atoms with E-state index in [0.29, 0.717) is 5.02 Å². The molecule has 0 fully saturated rings. The van der Waals surface area contributed by atoms with Crippen LogP contribution in [-0.4, -0.2) is 7.11 Å². The van der Waals surface area contributed by atoms with Gasteiger partial charge in [0.25, 0.3) is 0 Å². The normalized spacial score (nSPS) is 12.3. The predicted molar refractivity (Wildman–Crippen MR) is 90.8 cm³/mol. The van der Waals surface area contributed by atoms with E-state index in [9.17, 15) is 0 Å². The molecule has 0 saturated heterocycles. The van der Waals surface area contributed by atoms with Gasteiger partial charge >= 0.3 is 0 Å². The lowest BCUT2D eigenvalue weighted by molar-refractivity contribution is 0.411. The van der Waals surface area contributed by atoms with Gasteiger partial charge in [-0.1, -0.05) is 23.7 Å². The van der Waals surface area contributed by atoms with Crippen molar-refractivity contribution in [3.8, 4) is 5.75 Å². The molecule has 0 aliphatic rings. The van der Waals surface area contributed by atoms with Gasteiger partial charge in [-0.3, -0.25) is 5.84 Å². The summed E-state index contributed by atoms with van der Waals surface area (Å²) in [6.07, 6.45) is 0. The van der Waals surface area contributed by atoms with Crippen molar-refractivity contribution in [2.24, 2.45) is 5.84 Å². The number of nitrogens with two attached hydrogens (primary N) is 1. The van der Waals surface area contributed by atoms with Crippen molar-refractivity contribution in [3.05, 3.63) is 62.1 Å². The Labute approximate surface area is 138 Å². The summed E-state index contributed by atoms with van der Waals surface area (Å²) in [4.78, 5) is 0. The summed E-state index contributed by atoms with van der Waals surface area (Å²) in [6, 6.07) is 9.82. The smallest absolute Gasteiger partial charge is 0.122 e. The molecule has 1 atom stereocenters. The van der Waals surface area contributed by atoms with Crippen LogP contribution in [0.3, 0.4) is 0 Å². The second kappa shape index (κ2) is 6.79. The number of benzene rings is 2. The summed E-state index contributed by atoms with van der Waals surface area (Å²) in [6.45, 7) is 4.07. The molecule has 0 aliphatic heterocycles. The first-order valence-corrected chi connectivity index (χ1v) is 7.71. The Bertz CT molecular complexity index is 661. The molecule has 2 rings (SSSR count). The number of hydrogen-bond donors (Lipinski definition) is 2. The molecule has 0 bridgehead atoms. The van der Waals surface area contributed by atoms with Crippen molar-refractivity contribution < 1.29 is 4.74 Å². The molecule has 0 amide bonds. The van der Waals surface area contributed by atoms with Crippen LogP contribution in [-0.2, 0) is 0 Å². The van der Waals surface area contributed by atoms with Crippen molar-refractivity contribution in [1.29, 1.82) is 0 Å². The lowest BCUT2D eigenvalue weighted by Gasteiger charge is -2.21. The van der Waals surface area contributed by atoms with Crippen LogP contribution in [0.2, 0.25) is 5.02 Å². The second-order valence-electron chi connectivity index (χ2n) is 4.95. The summed E-state index contributed by atoms with van der Waals surface area (Å²) in [5.41, 5.74) is 7.23. The Morgan fingerprint density at radius 1 is 1.19 bits per heavy atom. The highest BCUT2D eigenvalue weighted by Crippen LogP contribution is 2.32. The number of hydrazine groups is 1. The largest absolute Gasteiger partial charge is 0.496 e. The molecule has 3 N–H and O–H groups in total. The van der Waals surface area contributed by atoms with Crippen LogP contribution in [0, 0.1) is 13.8 Å². The van der Waals surface area contributed by atoms with Gasteiger partial charge in [-0.25, -0.2) is 5.43 Å². The Morgan fingerprint density at radius 3 is 2.48 bits per heavy atom. The molecule has 0 spiro atoms. The van der Waals surface area contributed by atoms with Gasteiger partial charge in [0, 0.05) is 4.47 Å². The maximum atomic E-state index is 6.06. The van der Waals surface area contributed by atoms with Crippen LogP contribution in [0.4, 0.5) is 0 Å². The molecule has 2 aromatic rings. The monoisotopic (exact) mass is 368 g/mol. The molecule has 0 radical (unpaired) electrons. The number of aryl methyl sites for hydroxylation is 2.